The van der Waals surface area contributed by atoms with E-state index in [0.717, 1.165) is 37.2 Å². The number of halogens is 1. The van der Waals surface area contributed by atoms with Crippen molar-refractivity contribution in [1.82, 2.24) is 5.32 Å². The molecular weight excluding hydrogens is 239 g/mol. The maximum absolute atomic E-state index is 14.1. The lowest BCUT2D eigenvalue weighted by molar-refractivity contribution is 0.252. The zero-order chi connectivity index (χ0) is 14.0. The first-order valence-electron chi connectivity index (χ1n) is 7.29. The fourth-order valence-corrected chi connectivity index (χ4v) is 2.90. The molecule has 1 atom stereocenters. The fourth-order valence-electron chi connectivity index (χ4n) is 2.90. The first-order chi connectivity index (χ1) is 9.01. The van der Waals surface area contributed by atoms with Crippen LogP contribution >= 0.6 is 0 Å². The van der Waals surface area contributed by atoms with Crippen LogP contribution in [0.2, 0.25) is 0 Å². The molecule has 1 saturated heterocycles. The summed E-state index contributed by atoms with van der Waals surface area (Å²) in [6.45, 7) is 10.4. The van der Waals surface area contributed by atoms with Crippen LogP contribution in [0, 0.1) is 12.7 Å². The molecule has 1 aromatic carbocycles. The highest BCUT2D eigenvalue weighted by Crippen LogP contribution is 2.29. The third-order valence-electron chi connectivity index (χ3n) is 4.54. The summed E-state index contributed by atoms with van der Waals surface area (Å²) in [4.78, 5) is 2.23. The van der Waals surface area contributed by atoms with E-state index < -0.39 is 0 Å². The number of nitrogens with one attached hydrogen (secondary N) is 1. The Morgan fingerprint density at radius 1 is 1.37 bits per heavy atom. The number of aryl methyl sites for hydroxylation is 1. The third-order valence-corrected chi connectivity index (χ3v) is 4.54. The van der Waals surface area contributed by atoms with Gasteiger partial charge in [-0.05, 0) is 44.4 Å². The van der Waals surface area contributed by atoms with Crippen molar-refractivity contribution >= 4 is 5.69 Å². The second-order valence-corrected chi connectivity index (χ2v) is 5.80. The molecule has 106 valence electrons. The highest BCUT2D eigenvalue weighted by molar-refractivity contribution is 5.52. The molecule has 0 spiro atoms. The molecule has 1 aromatic rings. The summed E-state index contributed by atoms with van der Waals surface area (Å²) < 4.78 is 14.1. The summed E-state index contributed by atoms with van der Waals surface area (Å²) in [5, 5.41) is 3.65. The van der Waals surface area contributed by atoms with E-state index in [9.17, 15) is 4.39 Å². The molecule has 2 nitrogen and oxygen atoms in total. The Bertz CT molecular complexity index is 440. The molecule has 0 aromatic heterocycles. The molecule has 0 bridgehead atoms. The van der Waals surface area contributed by atoms with Crippen LogP contribution < -0.4 is 10.2 Å². The SMILES string of the molecule is CCC1(CC)CN(c2cc(C)ccc2F)C(C)CN1. The van der Waals surface area contributed by atoms with Gasteiger partial charge in [0.2, 0.25) is 0 Å². The second kappa shape index (κ2) is 5.49. The van der Waals surface area contributed by atoms with E-state index in [2.05, 4.69) is 31.0 Å². The van der Waals surface area contributed by atoms with Crippen molar-refractivity contribution < 1.29 is 4.39 Å². The highest BCUT2D eigenvalue weighted by atomic mass is 19.1. The summed E-state index contributed by atoms with van der Waals surface area (Å²) in [5.74, 6) is -0.111. The van der Waals surface area contributed by atoms with Crippen molar-refractivity contribution in [2.75, 3.05) is 18.0 Å². The molecule has 1 aliphatic rings. The summed E-state index contributed by atoms with van der Waals surface area (Å²) in [7, 11) is 0. The van der Waals surface area contributed by atoms with Gasteiger partial charge in [-0.15, -0.1) is 0 Å². The standard InChI is InChI=1S/C16H25FN2/c1-5-16(6-2)11-19(13(4)10-18-16)15-9-12(3)7-8-14(15)17/h7-9,13,18H,5-6,10-11H2,1-4H3. The average Bonchev–Trinajstić information content (AvgIpc) is 2.43. The molecule has 1 aliphatic heterocycles. The largest absolute Gasteiger partial charge is 0.363 e. The molecule has 19 heavy (non-hydrogen) atoms. The normalized spacial score (nSPS) is 22.6. The zero-order valence-electron chi connectivity index (χ0n) is 12.5. The molecule has 0 amide bonds. The monoisotopic (exact) mass is 264 g/mol. The number of rotatable bonds is 3. The van der Waals surface area contributed by atoms with E-state index >= 15 is 0 Å². The summed E-state index contributed by atoms with van der Waals surface area (Å²) in [5.41, 5.74) is 1.98. The van der Waals surface area contributed by atoms with E-state index in [4.69, 9.17) is 0 Å². The summed E-state index contributed by atoms with van der Waals surface area (Å²) in [6.07, 6.45) is 2.14. The van der Waals surface area contributed by atoms with Crippen LogP contribution in [0.15, 0.2) is 18.2 Å². The minimum Gasteiger partial charge on any atom is -0.363 e. The first kappa shape index (κ1) is 14.3. The Morgan fingerprint density at radius 3 is 2.68 bits per heavy atom. The van der Waals surface area contributed by atoms with Crippen molar-refractivity contribution in [1.29, 1.82) is 0 Å². The summed E-state index contributed by atoms with van der Waals surface area (Å²) in [6, 6.07) is 5.70. The highest BCUT2D eigenvalue weighted by Gasteiger charge is 2.35. The van der Waals surface area contributed by atoms with Gasteiger partial charge in [-0.3, -0.25) is 0 Å². The average molecular weight is 264 g/mol. The van der Waals surface area contributed by atoms with Crippen LogP contribution in [0.1, 0.15) is 39.2 Å². The number of benzene rings is 1. The molecule has 3 heteroatoms. The first-order valence-corrected chi connectivity index (χ1v) is 7.29. The lowest BCUT2D eigenvalue weighted by atomic mass is 9.88. The predicted molar refractivity (Wildman–Crippen MR) is 79.3 cm³/mol. The molecule has 1 unspecified atom stereocenters. The topological polar surface area (TPSA) is 15.3 Å². The van der Waals surface area contributed by atoms with Crippen molar-refractivity contribution in [2.45, 2.75) is 52.1 Å². The number of hydrogen-bond donors (Lipinski definition) is 1. The zero-order valence-corrected chi connectivity index (χ0v) is 12.5. The molecule has 2 rings (SSSR count). The van der Waals surface area contributed by atoms with Gasteiger partial charge in [0.05, 0.1) is 5.69 Å². The predicted octanol–water partition coefficient (Wildman–Crippen LogP) is 3.49. The van der Waals surface area contributed by atoms with Gasteiger partial charge in [-0.2, -0.15) is 0 Å². The Balaban J connectivity index is 2.33. The van der Waals surface area contributed by atoms with E-state index in [1.807, 2.05) is 19.1 Å². The Kier molecular flexibility index (Phi) is 4.14. The Hall–Kier alpha value is -1.09. The number of nitrogens with zero attached hydrogens (tertiary/aromatic N) is 1. The van der Waals surface area contributed by atoms with Crippen LogP contribution in [-0.4, -0.2) is 24.7 Å². The van der Waals surface area contributed by atoms with Gasteiger partial charge in [-0.1, -0.05) is 19.9 Å². The summed E-state index contributed by atoms with van der Waals surface area (Å²) >= 11 is 0. The molecule has 0 saturated carbocycles. The Morgan fingerprint density at radius 2 is 2.05 bits per heavy atom. The van der Waals surface area contributed by atoms with Crippen LogP contribution in [0.5, 0.6) is 0 Å². The number of hydrogen-bond acceptors (Lipinski definition) is 2. The van der Waals surface area contributed by atoms with Crippen molar-refractivity contribution in [3.8, 4) is 0 Å². The van der Waals surface area contributed by atoms with E-state index in [-0.39, 0.29) is 11.4 Å². The van der Waals surface area contributed by atoms with Gasteiger partial charge < -0.3 is 10.2 Å². The minimum absolute atomic E-state index is 0.111. The van der Waals surface area contributed by atoms with Crippen molar-refractivity contribution in [2.24, 2.45) is 0 Å². The maximum Gasteiger partial charge on any atom is 0.146 e. The van der Waals surface area contributed by atoms with Gasteiger partial charge in [0.15, 0.2) is 0 Å². The van der Waals surface area contributed by atoms with E-state index in [1.54, 1.807) is 6.07 Å². The maximum atomic E-state index is 14.1. The van der Waals surface area contributed by atoms with E-state index in [0.29, 0.717) is 6.04 Å². The molecule has 0 radical (unpaired) electrons. The number of anilines is 1. The van der Waals surface area contributed by atoms with Gasteiger partial charge in [0, 0.05) is 24.7 Å². The molecule has 1 N–H and O–H groups in total. The minimum atomic E-state index is -0.111. The Labute approximate surface area is 116 Å². The lowest BCUT2D eigenvalue weighted by Gasteiger charge is -2.47. The lowest BCUT2D eigenvalue weighted by Crippen LogP contribution is -2.63. The smallest absolute Gasteiger partial charge is 0.146 e. The van der Waals surface area contributed by atoms with Crippen LogP contribution in [0.25, 0.3) is 0 Å². The van der Waals surface area contributed by atoms with Crippen molar-refractivity contribution in [3.05, 3.63) is 29.6 Å². The quantitative estimate of drug-likeness (QED) is 0.899. The van der Waals surface area contributed by atoms with Gasteiger partial charge in [0.25, 0.3) is 0 Å². The second-order valence-electron chi connectivity index (χ2n) is 5.80. The van der Waals surface area contributed by atoms with Crippen LogP contribution in [0.3, 0.4) is 0 Å². The van der Waals surface area contributed by atoms with Crippen LogP contribution in [0.4, 0.5) is 10.1 Å². The fraction of sp³-hybridized carbons (Fsp3) is 0.625. The molecule has 0 aliphatic carbocycles. The van der Waals surface area contributed by atoms with Gasteiger partial charge in [0.1, 0.15) is 5.82 Å². The van der Waals surface area contributed by atoms with Crippen LogP contribution in [-0.2, 0) is 0 Å². The molecule has 1 fully saturated rings. The third kappa shape index (κ3) is 2.76. The molecule has 1 heterocycles. The molecular formula is C16H25FN2. The van der Waals surface area contributed by atoms with Crippen molar-refractivity contribution in [3.63, 3.8) is 0 Å². The van der Waals surface area contributed by atoms with Gasteiger partial charge in [-0.25, -0.2) is 4.39 Å². The number of piperazine rings is 1. The van der Waals surface area contributed by atoms with Gasteiger partial charge >= 0.3 is 0 Å². The van der Waals surface area contributed by atoms with E-state index in [1.165, 1.54) is 0 Å².